The molecule has 0 fully saturated rings. The van der Waals surface area contributed by atoms with E-state index < -0.39 is 0 Å². The van der Waals surface area contributed by atoms with Crippen LogP contribution in [-0.2, 0) is 0 Å². The van der Waals surface area contributed by atoms with Crippen LogP contribution in [0.2, 0.25) is 10.0 Å². The van der Waals surface area contributed by atoms with Gasteiger partial charge >= 0.3 is 0 Å². The summed E-state index contributed by atoms with van der Waals surface area (Å²) in [7, 11) is 0. The van der Waals surface area contributed by atoms with Gasteiger partial charge in [0.25, 0.3) is 0 Å². The third-order valence-electron chi connectivity index (χ3n) is 2.67. The molecule has 0 bridgehead atoms. The summed E-state index contributed by atoms with van der Waals surface area (Å²) in [4.78, 5) is 0. The van der Waals surface area contributed by atoms with Crippen LogP contribution in [0, 0.1) is 6.92 Å². The highest BCUT2D eigenvalue weighted by atomic mass is 35.5. The van der Waals surface area contributed by atoms with Gasteiger partial charge in [-0.05, 0) is 47.9 Å². The number of hydrogen-bond donors (Lipinski definition) is 0. The van der Waals surface area contributed by atoms with E-state index in [4.69, 9.17) is 34.8 Å². The van der Waals surface area contributed by atoms with Gasteiger partial charge in [0.2, 0.25) is 0 Å². The van der Waals surface area contributed by atoms with Gasteiger partial charge in [-0.3, -0.25) is 0 Å². The Morgan fingerprint density at radius 2 is 1.47 bits per heavy atom. The molecule has 88 valence electrons. The molecule has 1 unspecified atom stereocenters. The summed E-state index contributed by atoms with van der Waals surface area (Å²) >= 11 is 18.2. The normalized spacial score (nSPS) is 12.5. The zero-order valence-corrected chi connectivity index (χ0v) is 11.5. The van der Waals surface area contributed by atoms with Gasteiger partial charge in [0.05, 0.1) is 5.38 Å². The van der Waals surface area contributed by atoms with Gasteiger partial charge in [0, 0.05) is 10.0 Å². The molecule has 2 rings (SSSR count). The molecular formula is C14H11Cl3. The highest BCUT2D eigenvalue weighted by Crippen LogP contribution is 2.32. The van der Waals surface area contributed by atoms with Gasteiger partial charge in [0.15, 0.2) is 0 Å². The summed E-state index contributed by atoms with van der Waals surface area (Å²) in [6, 6.07) is 13.3. The summed E-state index contributed by atoms with van der Waals surface area (Å²) in [5.74, 6) is 0. The van der Waals surface area contributed by atoms with Crippen molar-refractivity contribution in [3.05, 3.63) is 69.2 Å². The summed E-state index contributed by atoms with van der Waals surface area (Å²) in [5, 5.41) is 1.27. The van der Waals surface area contributed by atoms with E-state index >= 15 is 0 Å². The Hall–Kier alpha value is -0.690. The predicted octanol–water partition coefficient (Wildman–Crippen LogP) is 5.63. The lowest BCUT2D eigenvalue weighted by Crippen LogP contribution is -1.96. The Kier molecular flexibility index (Phi) is 3.98. The van der Waals surface area contributed by atoms with Gasteiger partial charge < -0.3 is 0 Å². The quantitative estimate of drug-likeness (QED) is 0.627. The lowest BCUT2D eigenvalue weighted by Gasteiger charge is -2.13. The third kappa shape index (κ3) is 2.95. The van der Waals surface area contributed by atoms with Crippen LogP contribution in [0.4, 0.5) is 0 Å². The molecule has 17 heavy (non-hydrogen) atoms. The zero-order valence-electron chi connectivity index (χ0n) is 9.25. The highest BCUT2D eigenvalue weighted by Gasteiger charge is 2.13. The second-order valence-electron chi connectivity index (χ2n) is 3.92. The molecule has 2 aromatic rings. The van der Waals surface area contributed by atoms with Crippen molar-refractivity contribution >= 4 is 34.8 Å². The zero-order chi connectivity index (χ0) is 12.4. The lowest BCUT2D eigenvalue weighted by molar-refractivity contribution is 1.11. The molecule has 0 aromatic heterocycles. The van der Waals surface area contributed by atoms with Gasteiger partial charge in [-0.2, -0.15) is 0 Å². The van der Waals surface area contributed by atoms with Crippen LogP contribution in [0.25, 0.3) is 0 Å². The first kappa shape index (κ1) is 12.8. The smallest absolute Gasteiger partial charge is 0.0838 e. The molecule has 0 saturated carbocycles. The standard InChI is InChI=1S/C14H11Cl3/c1-9-8-12(16)6-7-13(9)14(17)10-2-4-11(15)5-3-10/h2-8,14H,1H3. The molecular weight excluding hydrogens is 275 g/mol. The molecule has 0 spiro atoms. The van der Waals surface area contributed by atoms with Crippen LogP contribution < -0.4 is 0 Å². The van der Waals surface area contributed by atoms with Crippen LogP contribution in [0.1, 0.15) is 22.1 Å². The molecule has 0 aliphatic rings. The molecule has 0 nitrogen and oxygen atoms in total. The first-order valence-corrected chi connectivity index (χ1v) is 6.43. The van der Waals surface area contributed by atoms with E-state index in [1.54, 1.807) is 0 Å². The van der Waals surface area contributed by atoms with Crippen molar-refractivity contribution < 1.29 is 0 Å². The van der Waals surface area contributed by atoms with Gasteiger partial charge in [0.1, 0.15) is 0 Å². The maximum absolute atomic E-state index is 6.46. The predicted molar refractivity (Wildman–Crippen MR) is 75.3 cm³/mol. The lowest BCUT2D eigenvalue weighted by atomic mass is 10.0. The fourth-order valence-corrected chi connectivity index (χ4v) is 2.48. The van der Waals surface area contributed by atoms with E-state index in [9.17, 15) is 0 Å². The van der Waals surface area contributed by atoms with E-state index in [-0.39, 0.29) is 5.38 Å². The Labute approximate surface area is 116 Å². The monoisotopic (exact) mass is 284 g/mol. The molecule has 0 aliphatic carbocycles. The minimum absolute atomic E-state index is 0.176. The van der Waals surface area contributed by atoms with Crippen molar-refractivity contribution in [2.45, 2.75) is 12.3 Å². The Balaban J connectivity index is 2.36. The molecule has 2 aromatic carbocycles. The topological polar surface area (TPSA) is 0 Å². The van der Waals surface area contributed by atoms with Crippen molar-refractivity contribution in [2.75, 3.05) is 0 Å². The summed E-state index contributed by atoms with van der Waals surface area (Å²) < 4.78 is 0. The first-order valence-electron chi connectivity index (χ1n) is 5.23. The Morgan fingerprint density at radius 1 is 0.882 bits per heavy atom. The molecule has 0 N–H and O–H groups in total. The number of rotatable bonds is 2. The number of halogens is 3. The van der Waals surface area contributed by atoms with E-state index in [2.05, 4.69) is 0 Å². The molecule has 0 radical (unpaired) electrons. The SMILES string of the molecule is Cc1cc(Cl)ccc1C(Cl)c1ccc(Cl)cc1. The van der Waals surface area contributed by atoms with Crippen molar-refractivity contribution in [2.24, 2.45) is 0 Å². The van der Waals surface area contributed by atoms with Gasteiger partial charge in [-0.25, -0.2) is 0 Å². The highest BCUT2D eigenvalue weighted by molar-refractivity contribution is 6.31. The fourth-order valence-electron chi connectivity index (χ4n) is 1.73. The number of benzene rings is 2. The second-order valence-corrected chi connectivity index (χ2v) is 5.22. The van der Waals surface area contributed by atoms with Crippen LogP contribution in [0.3, 0.4) is 0 Å². The molecule has 0 heterocycles. The van der Waals surface area contributed by atoms with E-state index in [1.165, 1.54) is 0 Å². The molecule has 0 aliphatic heterocycles. The van der Waals surface area contributed by atoms with Crippen LogP contribution in [-0.4, -0.2) is 0 Å². The number of aryl methyl sites for hydroxylation is 1. The second kappa shape index (κ2) is 5.30. The average molecular weight is 286 g/mol. The average Bonchev–Trinajstić information content (AvgIpc) is 2.29. The van der Waals surface area contributed by atoms with E-state index in [0.717, 1.165) is 21.7 Å². The maximum atomic E-state index is 6.46. The largest absolute Gasteiger partial charge is 0.113 e. The molecule has 0 amide bonds. The fraction of sp³-hybridized carbons (Fsp3) is 0.143. The van der Waals surface area contributed by atoms with Crippen molar-refractivity contribution in [3.8, 4) is 0 Å². The number of hydrogen-bond acceptors (Lipinski definition) is 0. The Bertz CT molecular complexity index is 517. The number of alkyl halides is 1. The minimum atomic E-state index is -0.176. The summed E-state index contributed by atoms with van der Waals surface area (Å²) in [5.41, 5.74) is 3.19. The molecule has 3 heteroatoms. The van der Waals surface area contributed by atoms with Crippen LogP contribution in [0.5, 0.6) is 0 Å². The van der Waals surface area contributed by atoms with Crippen molar-refractivity contribution in [3.63, 3.8) is 0 Å². The van der Waals surface area contributed by atoms with Gasteiger partial charge in [-0.15, -0.1) is 11.6 Å². The minimum Gasteiger partial charge on any atom is -0.113 e. The van der Waals surface area contributed by atoms with E-state index in [0.29, 0.717) is 5.02 Å². The van der Waals surface area contributed by atoms with Crippen molar-refractivity contribution in [1.29, 1.82) is 0 Å². The van der Waals surface area contributed by atoms with E-state index in [1.807, 2.05) is 49.4 Å². The van der Waals surface area contributed by atoms with Gasteiger partial charge in [-0.1, -0.05) is 41.4 Å². The molecule has 0 saturated heterocycles. The first-order chi connectivity index (χ1) is 8.08. The summed E-state index contributed by atoms with van der Waals surface area (Å²) in [6.45, 7) is 2.01. The maximum Gasteiger partial charge on any atom is 0.0838 e. The van der Waals surface area contributed by atoms with Crippen LogP contribution in [0.15, 0.2) is 42.5 Å². The van der Waals surface area contributed by atoms with Crippen molar-refractivity contribution in [1.82, 2.24) is 0 Å². The van der Waals surface area contributed by atoms with Crippen LogP contribution >= 0.6 is 34.8 Å². The Morgan fingerprint density at radius 3 is 2.06 bits per heavy atom. The third-order valence-corrected chi connectivity index (χ3v) is 3.64. The summed E-state index contributed by atoms with van der Waals surface area (Å²) in [6.07, 6.45) is 0. The molecule has 1 atom stereocenters.